The third-order valence-corrected chi connectivity index (χ3v) is 8.67. The molecule has 2 aromatic carbocycles. The summed E-state index contributed by atoms with van der Waals surface area (Å²) in [7, 11) is 0. The van der Waals surface area contributed by atoms with Crippen LogP contribution in [0.1, 0.15) is 92.6 Å². The number of aliphatic imine (C=N–C) groups is 1. The molecule has 2 heterocycles. The van der Waals surface area contributed by atoms with Crippen LogP contribution in [0.25, 0.3) is 0 Å². The van der Waals surface area contributed by atoms with Gasteiger partial charge in [0.1, 0.15) is 17.2 Å². The Morgan fingerprint density at radius 1 is 1.20 bits per heavy atom. The zero-order chi connectivity index (χ0) is 29.1. The lowest BCUT2D eigenvalue weighted by Crippen LogP contribution is -2.51. The highest BCUT2D eigenvalue weighted by atomic mass is 35.5. The highest BCUT2D eigenvalue weighted by Gasteiger charge is 2.52. The largest absolute Gasteiger partial charge is 0.345 e. The van der Waals surface area contributed by atoms with E-state index >= 15 is 0 Å². The molecule has 1 aromatic heterocycles. The summed E-state index contributed by atoms with van der Waals surface area (Å²) in [4.78, 5) is 34.0. The zero-order valence-corrected chi connectivity index (χ0v) is 24.3. The van der Waals surface area contributed by atoms with E-state index in [1.807, 2.05) is 17.0 Å². The molecule has 9 nitrogen and oxygen atoms in total. The van der Waals surface area contributed by atoms with Gasteiger partial charge in [0.15, 0.2) is 5.82 Å². The van der Waals surface area contributed by atoms with Gasteiger partial charge in [0.2, 0.25) is 0 Å². The molecule has 1 spiro atoms. The van der Waals surface area contributed by atoms with Gasteiger partial charge in [-0.1, -0.05) is 56.1 Å². The number of tetrazole rings is 1. The Bertz CT molecular complexity index is 1420. The van der Waals surface area contributed by atoms with E-state index in [4.69, 9.17) is 16.6 Å². The quantitative estimate of drug-likeness (QED) is 0.340. The van der Waals surface area contributed by atoms with Crippen molar-refractivity contribution in [2.45, 2.75) is 77.5 Å². The van der Waals surface area contributed by atoms with Crippen molar-refractivity contribution in [2.75, 3.05) is 0 Å². The molecule has 41 heavy (non-hydrogen) atoms. The van der Waals surface area contributed by atoms with Gasteiger partial charge in [-0.2, -0.15) is 5.21 Å². The van der Waals surface area contributed by atoms with Crippen LogP contribution in [-0.2, 0) is 11.3 Å². The molecule has 1 fully saturated rings. The number of carbonyl (C=O) groups is 2. The average molecular weight is 580 g/mol. The van der Waals surface area contributed by atoms with E-state index in [0.29, 0.717) is 34.5 Å². The summed E-state index contributed by atoms with van der Waals surface area (Å²) in [5.74, 6) is 0.565. The SMILES string of the molecule is CCC[C@H](c1ccc(C(=O)NCc2nn[nH]n2)cc1)N1C(=O)C(c2ccc(F)c(Cl)c2)=NC12CCC(C(C)C)CC2. The second-order valence-electron chi connectivity index (χ2n) is 11.3. The van der Waals surface area contributed by atoms with Gasteiger partial charge >= 0.3 is 0 Å². The molecule has 1 aliphatic heterocycles. The Morgan fingerprint density at radius 2 is 1.93 bits per heavy atom. The predicted molar refractivity (Wildman–Crippen MR) is 154 cm³/mol. The molecule has 2 amide bonds. The van der Waals surface area contributed by atoms with Crippen molar-refractivity contribution in [1.82, 2.24) is 30.8 Å². The fraction of sp³-hybridized carbons (Fsp3) is 0.467. The van der Waals surface area contributed by atoms with Crippen LogP contribution >= 0.6 is 11.6 Å². The summed E-state index contributed by atoms with van der Waals surface area (Å²) in [6.07, 6.45) is 5.05. The minimum atomic E-state index is -0.681. The Hall–Kier alpha value is -3.66. The van der Waals surface area contributed by atoms with Crippen molar-refractivity contribution >= 4 is 29.1 Å². The van der Waals surface area contributed by atoms with E-state index in [-0.39, 0.29) is 29.4 Å². The molecule has 11 heteroatoms. The van der Waals surface area contributed by atoms with E-state index in [1.165, 1.54) is 12.1 Å². The zero-order valence-electron chi connectivity index (χ0n) is 23.5. The number of nitrogens with one attached hydrogen (secondary N) is 2. The molecule has 0 saturated heterocycles. The summed E-state index contributed by atoms with van der Waals surface area (Å²) in [6.45, 7) is 6.74. The normalized spacial score (nSPS) is 21.4. The third-order valence-electron chi connectivity index (χ3n) is 8.38. The number of amides is 2. The molecule has 1 atom stereocenters. The number of carbonyl (C=O) groups excluding carboxylic acids is 2. The minimum absolute atomic E-state index is 0.0349. The minimum Gasteiger partial charge on any atom is -0.345 e. The first-order chi connectivity index (χ1) is 19.7. The van der Waals surface area contributed by atoms with Crippen LogP contribution in [0, 0.1) is 17.7 Å². The maximum absolute atomic E-state index is 14.2. The summed E-state index contributed by atoms with van der Waals surface area (Å²) < 4.78 is 14.0. The third kappa shape index (κ3) is 5.88. The Balaban J connectivity index is 1.45. The standard InChI is InChI=1S/C30H35ClFN7O2/c1-4-5-25(20-6-8-21(9-7-20)28(40)33-17-26-35-37-38-36-26)39-29(41)27(22-10-11-24(32)23(31)16-22)34-30(39)14-12-19(13-15-30)18(2)3/h6-11,16,18-19,25H,4-5,12-15,17H2,1-3H3,(H,33,40)(H,35,36,37,38)/t19?,25-,30?/m1/s1. The Labute approximate surface area is 244 Å². The van der Waals surface area contributed by atoms with Crippen LogP contribution in [0.5, 0.6) is 0 Å². The summed E-state index contributed by atoms with van der Waals surface area (Å²) >= 11 is 6.11. The number of nitrogens with zero attached hydrogens (tertiary/aromatic N) is 5. The van der Waals surface area contributed by atoms with Gasteiger partial charge in [-0.15, -0.1) is 10.2 Å². The molecule has 1 aliphatic carbocycles. The first kappa shape index (κ1) is 28.9. The van der Waals surface area contributed by atoms with Crippen LogP contribution in [-0.4, -0.2) is 48.7 Å². The summed E-state index contributed by atoms with van der Waals surface area (Å²) in [5.41, 5.74) is 1.60. The highest BCUT2D eigenvalue weighted by molar-refractivity contribution is 6.47. The second kappa shape index (κ2) is 12.1. The summed E-state index contributed by atoms with van der Waals surface area (Å²) in [6, 6.07) is 11.5. The Morgan fingerprint density at radius 3 is 2.54 bits per heavy atom. The second-order valence-corrected chi connectivity index (χ2v) is 11.7. The lowest BCUT2D eigenvalue weighted by Gasteiger charge is -2.46. The van der Waals surface area contributed by atoms with Gasteiger partial charge in [-0.3, -0.25) is 14.6 Å². The van der Waals surface area contributed by atoms with Crippen LogP contribution in [0.15, 0.2) is 47.5 Å². The van der Waals surface area contributed by atoms with Crippen LogP contribution in [0.2, 0.25) is 5.02 Å². The van der Waals surface area contributed by atoms with Crippen molar-refractivity contribution in [3.8, 4) is 0 Å². The average Bonchev–Trinajstić information content (AvgIpc) is 3.59. The lowest BCUT2D eigenvalue weighted by molar-refractivity contribution is -0.133. The smallest absolute Gasteiger partial charge is 0.275 e. The first-order valence-corrected chi connectivity index (χ1v) is 14.6. The molecule has 0 bridgehead atoms. The molecular weight excluding hydrogens is 545 g/mol. The number of H-pyrrole nitrogens is 1. The Kier molecular flexibility index (Phi) is 8.49. The number of hydrogen-bond donors (Lipinski definition) is 2. The molecule has 216 valence electrons. The van der Waals surface area contributed by atoms with Gasteiger partial charge in [-0.05, 0) is 79.8 Å². The van der Waals surface area contributed by atoms with Crippen LogP contribution in [0.3, 0.4) is 0 Å². The van der Waals surface area contributed by atoms with Crippen molar-refractivity contribution in [3.63, 3.8) is 0 Å². The molecule has 0 unspecified atom stereocenters. The molecule has 2 N–H and O–H groups in total. The fourth-order valence-electron chi connectivity index (χ4n) is 6.09. The van der Waals surface area contributed by atoms with Gasteiger partial charge in [-0.25, -0.2) is 4.39 Å². The number of rotatable bonds is 9. The van der Waals surface area contributed by atoms with E-state index in [1.54, 1.807) is 18.2 Å². The number of benzene rings is 2. The summed E-state index contributed by atoms with van der Waals surface area (Å²) in [5, 5.41) is 16.3. The van der Waals surface area contributed by atoms with E-state index in [9.17, 15) is 14.0 Å². The van der Waals surface area contributed by atoms with Crippen LogP contribution in [0.4, 0.5) is 4.39 Å². The molecule has 1 saturated carbocycles. The van der Waals surface area contributed by atoms with Crippen molar-refractivity contribution < 1.29 is 14.0 Å². The van der Waals surface area contributed by atoms with E-state index in [2.05, 4.69) is 46.7 Å². The lowest BCUT2D eigenvalue weighted by atomic mass is 9.76. The maximum Gasteiger partial charge on any atom is 0.275 e. The molecule has 5 rings (SSSR count). The van der Waals surface area contributed by atoms with Gasteiger partial charge in [0, 0.05) is 11.1 Å². The molecule has 3 aromatic rings. The topological polar surface area (TPSA) is 116 Å². The predicted octanol–water partition coefficient (Wildman–Crippen LogP) is 5.64. The highest BCUT2D eigenvalue weighted by Crippen LogP contribution is 2.48. The van der Waals surface area contributed by atoms with Crippen molar-refractivity contribution in [3.05, 3.63) is 75.8 Å². The number of hydrogen-bond acceptors (Lipinski definition) is 6. The number of aromatic amines is 1. The van der Waals surface area contributed by atoms with Gasteiger partial charge in [0.05, 0.1) is 17.6 Å². The molecule has 2 aliphatic rings. The van der Waals surface area contributed by atoms with Gasteiger partial charge in [0.25, 0.3) is 11.8 Å². The number of aromatic nitrogens is 4. The maximum atomic E-state index is 14.2. The van der Waals surface area contributed by atoms with Crippen molar-refractivity contribution in [2.24, 2.45) is 16.8 Å². The van der Waals surface area contributed by atoms with Gasteiger partial charge < -0.3 is 10.2 Å². The van der Waals surface area contributed by atoms with Crippen molar-refractivity contribution in [1.29, 1.82) is 0 Å². The monoisotopic (exact) mass is 579 g/mol. The number of halogens is 2. The van der Waals surface area contributed by atoms with E-state index in [0.717, 1.165) is 44.1 Å². The van der Waals surface area contributed by atoms with Crippen LogP contribution < -0.4 is 5.32 Å². The van der Waals surface area contributed by atoms with E-state index < -0.39 is 11.5 Å². The molecule has 0 radical (unpaired) electrons. The first-order valence-electron chi connectivity index (χ1n) is 14.2. The fourth-order valence-corrected chi connectivity index (χ4v) is 6.27. The molecular formula is C30H35ClFN7O2.